The third kappa shape index (κ3) is 4.16. The minimum absolute atomic E-state index is 0.553. The Kier molecular flexibility index (Phi) is 5.56. The molecule has 1 atom stereocenters. The Hall–Kier alpha value is -1.40. The van der Waals surface area contributed by atoms with Crippen LogP contribution in [0.1, 0.15) is 29.0 Å². The predicted octanol–water partition coefficient (Wildman–Crippen LogP) is 2.80. The van der Waals surface area contributed by atoms with Crippen LogP contribution in [-0.4, -0.2) is 52.6 Å². The molecule has 130 valence electrons. The number of β-amino-alcohol motifs (C(OH)–C–C–N with tert-alkyl or cyclic N) is 1. The summed E-state index contributed by atoms with van der Waals surface area (Å²) < 4.78 is 5.66. The average Bonchev–Trinajstić information content (AvgIpc) is 2.87. The molecule has 3 rings (SSSR count). The topological polar surface area (TPSA) is 52.7 Å². The molecule has 0 aliphatic carbocycles. The summed E-state index contributed by atoms with van der Waals surface area (Å²) in [4.78, 5) is 9.06. The Bertz CT molecular complexity index is 661. The summed E-state index contributed by atoms with van der Waals surface area (Å²) in [7, 11) is 0. The lowest BCUT2D eigenvalue weighted by molar-refractivity contribution is 0.0671. The van der Waals surface area contributed by atoms with E-state index in [4.69, 9.17) is 16.0 Å². The van der Waals surface area contributed by atoms with Crippen molar-refractivity contribution in [2.45, 2.75) is 26.5 Å². The first-order valence-electron chi connectivity index (χ1n) is 8.33. The van der Waals surface area contributed by atoms with Gasteiger partial charge in [-0.2, -0.15) is 0 Å². The molecule has 1 fully saturated rings. The first-order chi connectivity index (χ1) is 11.5. The first-order valence-corrected chi connectivity index (χ1v) is 8.71. The minimum atomic E-state index is -0.553. The highest BCUT2D eigenvalue weighted by Gasteiger charge is 2.22. The van der Waals surface area contributed by atoms with Crippen molar-refractivity contribution < 1.29 is 9.52 Å². The number of piperazine rings is 1. The zero-order valence-corrected chi connectivity index (χ0v) is 15.0. The normalized spacial score (nSPS) is 18.0. The van der Waals surface area contributed by atoms with E-state index in [-0.39, 0.29) is 0 Å². The fourth-order valence-electron chi connectivity index (χ4n) is 3.02. The van der Waals surface area contributed by atoms with Gasteiger partial charge < -0.3 is 9.52 Å². The summed E-state index contributed by atoms with van der Waals surface area (Å²) in [6, 6.07) is 7.49. The number of halogens is 1. The number of aromatic nitrogens is 1. The van der Waals surface area contributed by atoms with E-state index in [9.17, 15) is 5.11 Å². The number of nitrogens with zero attached hydrogens (tertiary/aromatic N) is 3. The minimum Gasteiger partial charge on any atom is -0.444 e. The fraction of sp³-hybridized carbons (Fsp3) is 0.500. The number of benzene rings is 1. The van der Waals surface area contributed by atoms with Gasteiger partial charge in [-0.25, -0.2) is 4.98 Å². The van der Waals surface area contributed by atoms with E-state index in [2.05, 4.69) is 14.8 Å². The lowest BCUT2D eigenvalue weighted by Gasteiger charge is -2.35. The number of oxazole rings is 1. The van der Waals surface area contributed by atoms with Gasteiger partial charge in [-0.1, -0.05) is 29.8 Å². The summed E-state index contributed by atoms with van der Waals surface area (Å²) in [5.41, 5.74) is 1.76. The quantitative estimate of drug-likeness (QED) is 0.899. The average molecular weight is 350 g/mol. The highest BCUT2D eigenvalue weighted by molar-refractivity contribution is 6.31. The molecule has 0 amide bonds. The van der Waals surface area contributed by atoms with Crippen molar-refractivity contribution >= 4 is 11.6 Å². The highest BCUT2D eigenvalue weighted by Crippen LogP contribution is 2.23. The number of aryl methyl sites for hydroxylation is 2. The maximum atomic E-state index is 10.4. The lowest BCUT2D eigenvalue weighted by atomic mass is 10.1. The third-order valence-corrected chi connectivity index (χ3v) is 4.94. The van der Waals surface area contributed by atoms with Crippen molar-refractivity contribution in [3.63, 3.8) is 0 Å². The molecule has 2 heterocycles. The van der Waals surface area contributed by atoms with Gasteiger partial charge >= 0.3 is 0 Å². The van der Waals surface area contributed by atoms with Crippen molar-refractivity contribution in [3.8, 4) is 0 Å². The van der Waals surface area contributed by atoms with E-state index in [0.717, 1.165) is 55.6 Å². The van der Waals surface area contributed by atoms with E-state index in [1.54, 1.807) is 0 Å². The van der Waals surface area contributed by atoms with Gasteiger partial charge in [0, 0.05) is 43.3 Å². The van der Waals surface area contributed by atoms with Crippen molar-refractivity contribution in [2.24, 2.45) is 0 Å². The van der Waals surface area contributed by atoms with E-state index in [0.29, 0.717) is 11.6 Å². The molecule has 6 heteroatoms. The van der Waals surface area contributed by atoms with Crippen LogP contribution >= 0.6 is 11.6 Å². The molecule has 1 N–H and O–H groups in total. The molecule has 0 bridgehead atoms. The second-order valence-corrected chi connectivity index (χ2v) is 6.77. The SMILES string of the molecule is Cc1nc(CN2CCN(C[C@@H](O)c3ccccc3Cl)CC2)oc1C. The number of aliphatic hydroxyl groups excluding tert-OH is 1. The molecule has 5 nitrogen and oxygen atoms in total. The van der Waals surface area contributed by atoms with E-state index in [1.165, 1.54) is 0 Å². The predicted molar refractivity (Wildman–Crippen MR) is 94.1 cm³/mol. The van der Waals surface area contributed by atoms with Gasteiger partial charge in [-0.15, -0.1) is 0 Å². The monoisotopic (exact) mass is 349 g/mol. The molecule has 1 saturated heterocycles. The second-order valence-electron chi connectivity index (χ2n) is 6.36. The molecule has 1 aliphatic rings. The smallest absolute Gasteiger partial charge is 0.208 e. The molecule has 1 aliphatic heterocycles. The first kappa shape index (κ1) is 17.4. The van der Waals surface area contributed by atoms with E-state index >= 15 is 0 Å². The number of rotatable bonds is 5. The summed E-state index contributed by atoms with van der Waals surface area (Å²) in [6.45, 7) is 8.98. The van der Waals surface area contributed by atoms with Crippen molar-refractivity contribution in [2.75, 3.05) is 32.7 Å². The molecule has 0 spiro atoms. The maximum Gasteiger partial charge on any atom is 0.208 e. The Labute approximate surface area is 147 Å². The largest absolute Gasteiger partial charge is 0.444 e. The molecular weight excluding hydrogens is 326 g/mol. The second kappa shape index (κ2) is 7.66. The number of aliphatic hydroxyl groups is 1. The number of hydrogen-bond donors (Lipinski definition) is 1. The van der Waals surface area contributed by atoms with Crippen molar-refractivity contribution in [3.05, 3.63) is 52.2 Å². The van der Waals surface area contributed by atoms with Crippen LogP contribution in [-0.2, 0) is 6.54 Å². The van der Waals surface area contributed by atoms with Crippen LogP contribution < -0.4 is 0 Å². The zero-order chi connectivity index (χ0) is 17.1. The Morgan fingerprint density at radius 1 is 1.17 bits per heavy atom. The van der Waals surface area contributed by atoms with Crippen LogP contribution in [0.15, 0.2) is 28.7 Å². The number of hydrogen-bond acceptors (Lipinski definition) is 5. The fourth-order valence-corrected chi connectivity index (χ4v) is 3.28. The summed E-state index contributed by atoms with van der Waals surface area (Å²) in [5, 5.41) is 11.0. The van der Waals surface area contributed by atoms with Crippen LogP contribution in [0, 0.1) is 13.8 Å². The van der Waals surface area contributed by atoms with Gasteiger partial charge in [-0.05, 0) is 19.9 Å². The Balaban J connectivity index is 1.49. The van der Waals surface area contributed by atoms with Crippen molar-refractivity contribution in [1.82, 2.24) is 14.8 Å². The summed E-state index contributed by atoms with van der Waals surface area (Å²) in [6.07, 6.45) is -0.553. The van der Waals surface area contributed by atoms with Gasteiger partial charge in [0.2, 0.25) is 5.89 Å². The Morgan fingerprint density at radius 2 is 1.83 bits per heavy atom. The standard InChI is InChI=1S/C18H24ClN3O2/c1-13-14(2)24-18(20-13)12-22-9-7-21(8-10-22)11-17(23)15-5-3-4-6-16(15)19/h3-6,17,23H,7-12H2,1-2H3/t17-/m1/s1. The van der Waals surface area contributed by atoms with Gasteiger partial charge in [-0.3, -0.25) is 9.80 Å². The van der Waals surface area contributed by atoms with Crippen LogP contribution in [0.3, 0.4) is 0 Å². The van der Waals surface area contributed by atoms with Crippen LogP contribution in [0.25, 0.3) is 0 Å². The molecular formula is C18H24ClN3O2. The van der Waals surface area contributed by atoms with Gasteiger partial charge in [0.1, 0.15) is 5.76 Å². The lowest BCUT2D eigenvalue weighted by Crippen LogP contribution is -2.47. The molecule has 1 aromatic heterocycles. The van der Waals surface area contributed by atoms with Gasteiger partial charge in [0.05, 0.1) is 18.3 Å². The zero-order valence-electron chi connectivity index (χ0n) is 14.2. The van der Waals surface area contributed by atoms with Crippen LogP contribution in [0.2, 0.25) is 5.02 Å². The third-order valence-electron chi connectivity index (χ3n) is 4.59. The molecule has 1 aromatic carbocycles. The van der Waals surface area contributed by atoms with Crippen LogP contribution in [0.4, 0.5) is 0 Å². The summed E-state index contributed by atoms with van der Waals surface area (Å²) in [5.74, 6) is 1.68. The molecule has 0 unspecified atom stereocenters. The summed E-state index contributed by atoms with van der Waals surface area (Å²) >= 11 is 6.16. The van der Waals surface area contributed by atoms with Crippen molar-refractivity contribution in [1.29, 1.82) is 0 Å². The molecule has 24 heavy (non-hydrogen) atoms. The van der Waals surface area contributed by atoms with E-state index < -0.39 is 6.10 Å². The molecule has 0 saturated carbocycles. The highest BCUT2D eigenvalue weighted by atomic mass is 35.5. The molecule has 2 aromatic rings. The van der Waals surface area contributed by atoms with Crippen LogP contribution in [0.5, 0.6) is 0 Å². The van der Waals surface area contributed by atoms with Gasteiger partial charge in [0.25, 0.3) is 0 Å². The van der Waals surface area contributed by atoms with E-state index in [1.807, 2.05) is 38.1 Å². The van der Waals surface area contributed by atoms with Gasteiger partial charge in [0.15, 0.2) is 0 Å². The Morgan fingerprint density at radius 3 is 2.46 bits per heavy atom. The maximum absolute atomic E-state index is 10.4. The molecule has 0 radical (unpaired) electrons.